The van der Waals surface area contributed by atoms with Crippen LogP contribution >= 0.6 is 0 Å². The standard InChI is InChI=1S/C21H31N3O4S/c1-15-7-9-17(10-8-15)23-20(25)6-3-13-22-29(27,28)18-11-12-19-16(14-18)4-2-5-21(26)24-19/h11-12,14-15,17,22H,2-10,13H2,1H3,(H,23,25)(H,24,26). The summed E-state index contributed by atoms with van der Waals surface area (Å²) in [6.45, 7) is 2.45. The summed E-state index contributed by atoms with van der Waals surface area (Å²) in [4.78, 5) is 23.9. The number of sulfonamides is 1. The lowest BCUT2D eigenvalue weighted by Crippen LogP contribution is -2.37. The number of hydrogen-bond donors (Lipinski definition) is 3. The third kappa shape index (κ3) is 6.27. The minimum atomic E-state index is -3.64. The topological polar surface area (TPSA) is 104 Å². The molecule has 1 fully saturated rings. The van der Waals surface area contributed by atoms with Gasteiger partial charge in [0.1, 0.15) is 0 Å². The predicted octanol–water partition coefficient (Wildman–Crippen LogP) is 2.71. The Bertz CT molecular complexity index is 845. The third-order valence-corrected chi connectivity index (χ3v) is 7.22. The maximum Gasteiger partial charge on any atom is 0.240 e. The highest BCUT2D eigenvalue weighted by molar-refractivity contribution is 7.89. The Balaban J connectivity index is 1.46. The molecule has 0 aromatic heterocycles. The van der Waals surface area contributed by atoms with Crippen LogP contribution in [-0.2, 0) is 26.0 Å². The largest absolute Gasteiger partial charge is 0.353 e. The van der Waals surface area contributed by atoms with Gasteiger partial charge in [-0.05, 0) is 74.6 Å². The molecule has 160 valence electrons. The van der Waals surface area contributed by atoms with Gasteiger partial charge in [-0.25, -0.2) is 13.1 Å². The van der Waals surface area contributed by atoms with Crippen LogP contribution in [0.25, 0.3) is 0 Å². The fourth-order valence-corrected chi connectivity index (χ4v) is 5.09. The van der Waals surface area contributed by atoms with Gasteiger partial charge in [0.05, 0.1) is 4.90 Å². The van der Waals surface area contributed by atoms with Gasteiger partial charge in [0.25, 0.3) is 0 Å². The molecular weight excluding hydrogens is 390 g/mol. The van der Waals surface area contributed by atoms with Gasteiger partial charge in [-0.3, -0.25) is 9.59 Å². The molecule has 1 aromatic rings. The van der Waals surface area contributed by atoms with E-state index in [1.165, 1.54) is 6.07 Å². The fraction of sp³-hybridized carbons (Fsp3) is 0.619. The van der Waals surface area contributed by atoms with Crippen LogP contribution < -0.4 is 15.4 Å². The molecule has 1 aliphatic heterocycles. The molecule has 2 amide bonds. The van der Waals surface area contributed by atoms with E-state index < -0.39 is 10.0 Å². The van der Waals surface area contributed by atoms with E-state index in [9.17, 15) is 18.0 Å². The first-order valence-electron chi connectivity index (χ1n) is 10.6. The molecule has 1 aliphatic carbocycles. The Hall–Kier alpha value is -1.93. The summed E-state index contributed by atoms with van der Waals surface area (Å²) in [6.07, 6.45) is 6.92. The highest BCUT2D eigenvalue weighted by Crippen LogP contribution is 2.25. The Kier molecular flexibility index (Phi) is 7.29. The number of anilines is 1. The van der Waals surface area contributed by atoms with Gasteiger partial charge in [0.15, 0.2) is 0 Å². The van der Waals surface area contributed by atoms with Crippen LogP contribution in [0.5, 0.6) is 0 Å². The van der Waals surface area contributed by atoms with Gasteiger partial charge >= 0.3 is 0 Å². The third-order valence-electron chi connectivity index (χ3n) is 5.76. The van der Waals surface area contributed by atoms with Crippen molar-refractivity contribution in [3.05, 3.63) is 23.8 Å². The molecule has 0 spiro atoms. The summed E-state index contributed by atoms with van der Waals surface area (Å²) in [6, 6.07) is 5.03. The van der Waals surface area contributed by atoms with Crippen molar-refractivity contribution in [2.45, 2.75) is 75.6 Å². The molecule has 3 rings (SSSR count). The Morgan fingerprint density at radius 2 is 1.93 bits per heavy atom. The van der Waals surface area contributed by atoms with Crippen molar-refractivity contribution < 1.29 is 18.0 Å². The van der Waals surface area contributed by atoms with E-state index in [0.29, 0.717) is 37.8 Å². The molecule has 0 radical (unpaired) electrons. The van der Waals surface area contributed by atoms with Crippen molar-refractivity contribution in [3.8, 4) is 0 Å². The summed E-state index contributed by atoms with van der Waals surface area (Å²) in [7, 11) is -3.64. The zero-order chi connectivity index (χ0) is 20.9. The summed E-state index contributed by atoms with van der Waals surface area (Å²) < 4.78 is 27.7. The normalized spacial score (nSPS) is 22.3. The van der Waals surface area contributed by atoms with Crippen molar-refractivity contribution in [2.75, 3.05) is 11.9 Å². The highest BCUT2D eigenvalue weighted by atomic mass is 32.2. The molecular formula is C21H31N3O4S. The van der Waals surface area contributed by atoms with Crippen LogP contribution in [0.4, 0.5) is 5.69 Å². The van der Waals surface area contributed by atoms with Crippen molar-refractivity contribution >= 4 is 27.5 Å². The number of fused-ring (bicyclic) bond motifs is 1. The van der Waals surface area contributed by atoms with Gasteiger partial charge in [0, 0.05) is 31.1 Å². The molecule has 1 aromatic carbocycles. The number of rotatable bonds is 7. The van der Waals surface area contributed by atoms with Gasteiger partial charge in [-0.15, -0.1) is 0 Å². The van der Waals surface area contributed by atoms with Gasteiger partial charge in [0.2, 0.25) is 21.8 Å². The number of hydrogen-bond acceptors (Lipinski definition) is 4. The average molecular weight is 422 g/mol. The number of aryl methyl sites for hydroxylation is 1. The van der Waals surface area contributed by atoms with E-state index in [-0.39, 0.29) is 29.3 Å². The maximum atomic E-state index is 12.6. The molecule has 8 heteroatoms. The number of carbonyl (C=O) groups is 2. The second-order valence-corrected chi connectivity index (χ2v) is 10.0. The van der Waals surface area contributed by atoms with Crippen LogP contribution in [-0.4, -0.2) is 32.8 Å². The second-order valence-electron chi connectivity index (χ2n) is 8.25. The molecule has 0 unspecified atom stereocenters. The molecule has 29 heavy (non-hydrogen) atoms. The molecule has 1 heterocycles. The molecule has 7 nitrogen and oxygen atoms in total. The van der Waals surface area contributed by atoms with Crippen LogP contribution in [0.15, 0.2) is 23.1 Å². The number of amides is 2. The van der Waals surface area contributed by atoms with E-state index in [1.807, 2.05) is 0 Å². The summed E-state index contributed by atoms with van der Waals surface area (Å²) in [5, 5.41) is 5.86. The first-order chi connectivity index (χ1) is 13.8. The zero-order valence-corrected chi connectivity index (χ0v) is 17.8. The number of benzene rings is 1. The molecule has 0 bridgehead atoms. The quantitative estimate of drug-likeness (QED) is 0.589. The SMILES string of the molecule is CC1CCC(NC(=O)CCCNS(=O)(=O)c2ccc3c(c2)CCCC(=O)N3)CC1. The Morgan fingerprint density at radius 1 is 1.17 bits per heavy atom. The number of carbonyl (C=O) groups excluding carboxylic acids is 2. The number of nitrogens with one attached hydrogen (secondary N) is 3. The smallest absolute Gasteiger partial charge is 0.240 e. The minimum absolute atomic E-state index is 0.00970. The summed E-state index contributed by atoms with van der Waals surface area (Å²) in [5.74, 6) is 0.685. The monoisotopic (exact) mass is 421 g/mol. The zero-order valence-electron chi connectivity index (χ0n) is 17.0. The van der Waals surface area contributed by atoms with Gasteiger partial charge in [-0.2, -0.15) is 0 Å². The van der Waals surface area contributed by atoms with Crippen molar-refractivity contribution in [2.24, 2.45) is 5.92 Å². The molecule has 1 saturated carbocycles. The van der Waals surface area contributed by atoms with Crippen molar-refractivity contribution in [1.29, 1.82) is 0 Å². The van der Waals surface area contributed by atoms with E-state index in [1.54, 1.807) is 12.1 Å². The van der Waals surface area contributed by atoms with E-state index in [0.717, 1.165) is 37.2 Å². The molecule has 0 saturated heterocycles. The van der Waals surface area contributed by atoms with Gasteiger partial charge in [-0.1, -0.05) is 6.92 Å². The summed E-state index contributed by atoms with van der Waals surface area (Å²) >= 11 is 0. The average Bonchev–Trinajstić information content (AvgIpc) is 2.87. The van der Waals surface area contributed by atoms with Crippen LogP contribution in [0.2, 0.25) is 0 Å². The van der Waals surface area contributed by atoms with Crippen LogP contribution in [0.3, 0.4) is 0 Å². The van der Waals surface area contributed by atoms with Crippen LogP contribution in [0.1, 0.15) is 63.9 Å². The lowest BCUT2D eigenvalue weighted by molar-refractivity contribution is -0.122. The highest BCUT2D eigenvalue weighted by Gasteiger charge is 2.21. The summed E-state index contributed by atoms with van der Waals surface area (Å²) in [5.41, 5.74) is 1.51. The fourth-order valence-electron chi connectivity index (χ4n) is 3.96. The molecule has 0 atom stereocenters. The lowest BCUT2D eigenvalue weighted by Gasteiger charge is -2.26. The maximum absolute atomic E-state index is 12.6. The Labute approximate surface area is 173 Å². The van der Waals surface area contributed by atoms with E-state index in [4.69, 9.17) is 0 Å². The van der Waals surface area contributed by atoms with Crippen molar-refractivity contribution in [3.63, 3.8) is 0 Å². The van der Waals surface area contributed by atoms with Crippen LogP contribution in [0, 0.1) is 5.92 Å². The minimum Gasteiger partial charge on any atom is -0.353 e. The molecule has 3 N–H and O–H groups in total. The van der Waals surface area contributed by atoms with Crippen molar-refractivity contribution in [1.82, 2.24) is 10.0 Å². The molecule has 2 aliphatic rings. The van der Waals surface area contributed by atoms with E-state index in [2.05, 4.69) is 22.3 Å². The van der Waals surface area contributed by atoms with E-state index >= 15 is 0 Å². The Morgan fingerprint density at radius 3 is 2.69 bits per heavy atom. The first-order valence-corrected chi connectivity index (χ1v) is 12.0. The first kappa shape index (κ1) is 21.8. The second kappa shape index (κ2) is 9.71. The lowest BCUT2D eigenvalue weighted by atomic mass is 9.87. The predicted molar refractivity (Wildman–Crippen MR) is 112 cm³/mol. The van der Waals surface area contributed by atoms with Gasteiger partial charge < -0.3 is 10.6 Å².